The molecule has 4 aromatic heterocycles. The summed E-state index contributed by atoms with van der Waals surface area (Å²) in [7, 11) is 0. The van der Waals surface area contributed by atoms with Gasteiger partial charge >= 0.3 is 23.1 Å². The molecule has 0 radical (unpaired) electrons. The normalized spacial score (nSPS) is 28.3. The summed E-state index contributed by atoms with van der Waals surface area (Å²) in [5.74, 6) is 2.52. The first kappa shape index (κ1) is 53.2. The van der Waals surface area contributed by atoms with E-state index in [1.807, 2.05) is 6.92 Å². The van der Waals surface area contributed by atoms with Gasteiger partial charge in [-0.1, -0.05) is 0 Å². The van der Waals surface area contributed by atoms with Gasteiger partial charge in [-0.15, -0.1) is 22.7 Å². The quantitative estimate of drug-likeness (QED) is 0.170. The third-order valence-electron chi connectivity index (χ3n) is 15.0. The van der Waals surface area contributed by atoms with Crippen molar-refractivity contribution in [2.75, 3.05) is 59.2 Å². The minimum atomic E-state index is -0.241. The van der Waals surface area contributed by atoms with Gasteiger partial charge in [0.05, 0.1) is 49.4 Å². The summed E-state index contributed by atoms with van der Waals surface area (Å²) in [6, 6.07) is 1.34. The topological polar surface area (TPSA) is 141 Å². The molecule has 7 heterocycles. The Hall–Kier alpha value is -1.64. The number of halogens is 1. The standard InChI is InChI=1S/C23H33N3O3S.C22H29N3O3S.C5H10O.BrH.Mg.H/c1-15(27)12-16-2-7-20-19(13-16)21-22(24-14-25-23(21)30-20)29-18-5-3-17(4-6-18)26-8-10-28-11-9-26;26-10-7-15-1-6-19-18(13-15)20-21(23-14-24-22(20)29-19)28-17-4-2-16(3-5-17)25-8-11-27-12-9-25;1-5-3-2-4-6-5;;;/h14-18,27H,2-13H2,1H3;10,14-17H,1-9,11-13H2;5H,2-4H2,1H3;1H;;/q;;;;+2;-1/p-1/t15?,16-,17?,18?;15-,16?,17?;;;;/m00..../s1. The molecule has 4 atom stereocenters. The molecule has 0 spiro atoms. The van der Waals surface area contributed by atoms with Gasteiger partial charge in [-0.2, -0.15) is 0 Å². The smallest absolute Gasteiger partial charge is 1.00 e. The number of aliphatic hydroxyl groups is 1. The van der Waals surface area contributed by atoms with Crippen molar-refractivity contribution in [3.05, 3.63) is 33.5 Å². The largest absolute Gasteiger partial charge is 2.00 e. The Bertz CT molecular complexity index is 2140. The molecule has 17 heteroatoms. The molecule has 4 aliphatic carbocycles. The Morgan fingerprint density at radius 2 is 1.19 bits per heavy atom. The van der Waals surface area contributed by atoms with Crippen molar-refractivity contribution in [3.63, 3.8) is 0 Å². The van der Waals surface area contributed by atoms with Crippen molar-refractivity contribution < 1.29 is 52.0 Å². The molecule has 0 bridgehead atoms. The van der Waals surface area contributed by atoms with Gasteiger partial charge in [0.1, 0.15) is 40.8 Å². The number of rotatable bonds is 10. The summed E-state index contributed by atoms with van der Waals surface area (Å²) in [4.78, 5) is 39.3. The van der Waals surface area contributed by atoms with Crippen molar-refractivity contribution in [2.45, 2.75) is 166 Å². The first-order valence-electron chi connectivity index (χ1n) is 25.1. The Labute approximate surface area is 433 Å². The first-order valence-corrected chi connectivity index (χ1v) is 26.7. The summed E-state index contributed by atoms with van der Waals surface area (Å²) >= 11 is 3.58. The van der Waals surface area contributed by atoms with Crippen LogP contribution in [0.2, 0.25) is 0 Å². The SMILES string of the molecule is CC(O)C[C@@H]1CCc2sc3ncnc(OC4CCC(N5CCOCC5)CC4)c3c2C1.CC1CCCO1.O=CC[C@@H]1CCc2sc3ncnc(OC4CCC(N5CCOCC5)CC4)c3c2C1.[Br-].[H-].[Mg+2]. The van der Waals surface area contributed by atoms with E-state index in [0.717, 1.165) is 168 Å². The number of aliphatic hydroxyl groups excluding tert-OH is 1. The van der Waals surface area contributed by atoms with E-state index in [2.05, 4.69) is 36.7 Å². The van der Waals surface area contributed by atoms with Gasteiger partial charge in [0.15, 0.2) is 0 Å². The second-order valence-corrected chi connectivity index (χ2v) is 21.8. The minimum absolute atomic E-state index is 0. The molecular weight excluding hydrogens is 965 g/mol. The molecule has 0 aromatic carbocycles. The van der Waals surface area contributed by atoms with E-state index >= 15 is 0 Å². The second kappa shape index (κ2) is 26.2. The average Bonchev–Trinajstić information content (AvgIpc) is 4.08. The van der Waals surface area contributed by atoms with Gasteiger partial charge in [-0.25, -0.2) is 19.9 Å². The summed E-state index contributed by atoms with van der Waals surface area (Å²) < 4.78 is 29.1. The Morgan fingerprint density at radius 1 is 0.716 bits per heavy atom. The van der Waals surface area contributed by atoms with Crippen LogP contribution >= 0.6 is 22.7 Å². The molecule has 11 rings (SSSR count). The van der Waals surface area contributed by atoms with Crippen LogP contribution in [0.4, 0.5) is 0 Å². The summed E-state index contributed by atoms with van der Waals surface area (Å²) in [5.41, 5.74) is 2.71. The molecular formula is C50H73BrMgN6O7S2. The molecule has 7 aliphatic rings. The number of thiophene rings is 2. The zero-order chi connectivity index (χ0) is 44.5. The minimum Gasteiger partial charge on any atom is -1.00 e. The fourth-order valence-corrected chi connectivity index (χ4v) is 13.8. The monoisotopic (exact) mass is 1040 g/mol. The van der Waals surface area contributed by atoms with Crippen molar-refractivity contribution >= 4 is 72.4 Å². The number of carbonyl (C=O) groups is 1. The molecule has 2 saturated carbocycles. The van der Waals surface area contributed by atoms with Crippen LogP contribution in [0.1, 0.15) is 126 Å². The zero-order valence-corrected chi connectivity index (χ0v) is 44.6. The van der Waals surface area contributed by atoms with E-state index < -0.39 is 0 Å². The average molecular weight is 1040 g/mol. The number of hydrogen-bond donors (Lipinski definition) is 1. The van der Waals surface area contributed by atoms with Crippen LogP contribution in [0.5, 0.6) is 11.8 Å². The number of nitrogens with zero attached hydrogens (tertiary/aromatic N) is 6. The van der Waals surface area contributed by atoms with Gasteiger partial charge in [0, 0.05) is 61.0 Å². The van der Waals surface area contributed by atoms with Crippen LogP contribution in [-0.2, 0) is 44.7 Å². The summed E-state index contributed by atoms with van der Waals surface area (Å²) in [6.45, 7) is 12.7. The van der Waals surface area contributed by atoms with Crippen LogP contribution in [0.3, 0.4) is 0 Å². The molecule has 3 aliphatic heterocycles. The zero-order valence-electron chi connectivity index (χ0n) is 40.9. The second-order valence-electron chi connectivity index (χ2n) is 19.6. The number of hydrogen-bond acceptors (Lipinski definition) is 15. The maximum atomic E-state index is 11.0. The Morgan fingerprint density at radius 3 is 1.61 bits per heavy atom. The molecule has 4 aromatic rings. The van der Waals surface area contributed by atoms with E-state index in [4.69, 9.17) is 23.7 Å². The maximum absolute atomic E-state index is 11.0. The molecule has 366 valence electrons. The van der Waals surface area contributed by atoms with Crippen molar-refractivity contribution in [3.8, 4) is 11.8 Å². The Balaban J connectivity index is 0.000000192. The van der Waals surface area contributed by atoms with E-state index in [0.29, 0.717) is 36.4 Å². The number of aromatic nitrogens is 4. The molecule has 67 heavy (non-hydrogen) atoms. The van der Waals surface area contributed by atoms with E-state index in [9.17, 15) is 9.90 Å². The van der Waals surface area contributed by atoms with Crippen molar-refractivity contribution in [2.24, 2.45) is 11.8 Å². The van der Waals surface area contributed by atoms with Crippen LogP contribution in [0, 0.1) is 11.8 Å². The fourth-order valence-electron chi connectivity index (χ4n) is 11.5. The maximum Gasteiger partial charge on any atom is 2.00 e. The molecule has 5 fully saturated rings. The first-order chi connectivity index (χ1) is 31.9. The predicted molar refractivity (Wildman–Crippen MR) is 262 cm³/mol. The van der Waals surface area contributed by atoms with E-state index in [1.165, 1.54) is 59.4 Å². The third kappa shape index (κ3) is 13.9. The van der Waals surface area contributed by atoms with Gasteiger partial charge in [-0.3, -0.25) is 9.80 Å². The van der Waals surface area contributed by atoms with Crippen LogP contribution in [0.25, 0.3) is 20.4 Å². The van der Waals surface area contributed by atoms with Crippen molar-refractivity contribution in [1.29, 1.82) is 0 Å². The van der Waals surface area contributed by atoms with E-state index in [-0.39, 0.29) is 59.8 Å². The van der Waals surface area contributed by atoms with E-state index in [1.54, 1.807) is 35.3 Å². The van der Waals surface area contributed by atoms with Crippen LogP contribution in [0.15, 0.2) is 12.7 Å². The van der Waals surface area contributed by atoms with Gasteiger partial charge < -0.3 is 52.0 Å². The number of morpholine rings is 2. The molecule has 13 nitrogen and oxygen atoms in total. The molecule has 1 N–H and O–H groups in total. The summed E-state index contributed by atoms with van der Waals surface area (Å²) in [5, 5.41) is 12.1. The molecule has 3 saturated heterocycles. The van der Waals surface area contributed by atoms with Gasteiger partial charge in [0.2, 0.25) is 11.8 Å². The molecule has 2 unspecified atom stereocenters. The number of carbonyl (C=O) groups excluding carboxylic acids is 1. The van der Waals surface area contributed by atoms with Gasteiger partial charge in [0.25, 0.3) is 0 Å². The van der Waals surface area contributed by atoms with Gasteiger partial charge in [-0.05, 0) is 146 Å². The fraction of sp³-hybridized carbons (Fsp3) is 0.740. The number of aldehydes is 1. The van der Waals surface area contributed by atoms with Crippen LogP contribution in [-0.4, -0.2) is 160 Å². The number of ether oxygens (including phenoxy) is 5. The number of fused-ring (bicyclic) bond motifs is 6. The summed E-state index contributed by atoms with van der Waals surface area (Å²) in [6.07, 6.45) is 24.6. The predicted octanol–water partition coefficient (Wildman–Crippen LogP) is 4.92. The third-order valence-corrected chi connectivity index (χ3v) is 17.4. The molecule has 0 amide bonds. The Kier molecular flexibility index (Phi) is 20.8. The number of aryl methyl sites for hydroxylation is 2. The van der Waals surface area contributed by atoms with Crippen molar-refractivity contribution in [1.82, 2.24) is 29.7 Å². The van der Waals surface area contributed by atoms with Crippen LogP contribution < -0.4 is 26.5 Å².